The second-order valence-corrected chi connectivity index (χ2v) is 9.98. The third kappa shape index (κ3) is 4.43. The van der Waals surface area contributed by atoms with Gasteiger partial charge in [0.2, 0.25) is 5.95 Å². The number of H-pyrrole nitrogens is 1. The van der Waals surface area contributed by atoms with E-state index >= 15 is 0 Å². The van der Waals surface area contributed by atoms with Gasteiger partial charge in [-0.25, -0.2) is 4.98 Å². The minimum absolute atomic E-state index is 0.0221. The SMILES string of the molecule is COc1cc2nc(N3C(=O)C(=O)/C(=C(/O)c4ccc(OC)c(C(C)C)c4)C3c3cccc(C)c3)[nH]c2cc1OC. The summed E-state index contributed by atoms with van der Waals surface area (Å²) in [7, 11) is 4.64. The second kappa shape index (κ2) is 10.4. The molecule has 2 N–H and O–H groups in total. The average molecular weight is 542 g/mol. The number of methoxy groups -OCH3 is 3. The quantitative estimate of drug-likeness (QED) is 0.177. The first-order valence-electron chi connectivity index (χ1n) is 12.9. The van der Waals surface area contributed by atoms with Crippen LogP contribution in [0.4, 0.5) is 5.95 Å². The molecular weight excluding hydrogens is 510 g/mol. The number of anilines is 1. The van der Waals surface area contributed by atoms with Crippen molar-refractivity contribution in [3.05, 3.63) is 82.4 Å². The van der Waals surface area contributed by atoms with Crippen molar-refractivity contribution >= 4 is 34.4 Å². The van der Waals surface area contributed by atoms with E-state index in [2.05, 4.69) is 9.97 Å². The van der Waals surface area contributed by atoms with Gasteiger partial charge in [0.15, 0.2) is 11.5 Å². The van der Waals surface area contributed by atoms with E-state index in [9.17, 15) is 14.7 Å². The smallest absolute Gasteiger partial charge is 0.302 e. The number of nitrogens with one attached hydrogen (secondary N) is 1. The maximum absolute atomic E-state index is 13.6. The van der Waals surface area contributed by atoms with E-state index in [4.69, 9.17) is 14.2 Å². The third-order valence-corrected chi connectivity index (χ3v) is 7.13. The number of ketones is 1. The molecule has 0 bridgehead atoms. The lowest BCUT2D eigenvalue weighted by Crippen LogP contribution is -2.30. The lowest BCUT2D eigenvalue weighted by molar-refractivity contribution is -0.132. The zero-order valence-electron chi connectivity index (χ0n) is 23.2. The summed E-state index contributed by atoms with van der Waals surface area (Å²) in [5.74, 6) is 0.0310. The molecule has 4 aromatic rings. The Morgan fingerprint density at radius 3 is 2.30 bits per heavy atom. The first-order chi connectivity index (χ1) is 19.2. The van der Waals surface area contributed by atoms with E-state index in [-0.39, 0.29) is 23.2 Å². The van der Waals surface area contributed by atoms with Gasteiger partial charge in [0, 0.05) is 17.7 Å². The van der Waals surface area contributed by atoms with Crippen LogP contribution in [-0.4, -0.2) is 48.1 Å². The molecule has 0 radical (unpaired) electrons. The number of carbonyl (C=O) groups excluding carboxylic acids is 2. The Labute approximate surface area is 232 Å². The maximum atomic E-state index is 13.6. The topological polar surface area (TPSA) is 114 Å². The van der Waals surface area contributed by atoms with Crippen LogP contribution < -0.4 is 19.1 Å². The molecule has 1 saturated heterocycles. The number of amides is 1. The summed E-state index contributed by atoms with van der Waals surface area (Å²) in [4.78, 5) is 36.3. The molecule has 1 aliphatic rings. The summed E-state index contributed by atoms with van der Waals surface area (Å²) >= 11 is 0. The van der Waals surface area contributed by atoms with Crippen LogP contribution in [0.5, 0.6) is 17.2 Å². The first-order valence-corrected chi connectivity index (χ1v) is 12.9. The van der Waals surface area contributed by atoms with Gasteiger partial charge in [-0.15, -0.1) is 0 Å². The Morgan fingerprint density at radius 1 is 0.950 bits per heavy atom. The van der Waals surface area contributed by atoms with Crippen LogP contribution in [0.25, 0.3) is 16.8 Å². The van der Waals surface area contributed by atoms with Crippen LogP contribution in [0.2, 0.25) is 0 Å². The zero-order valence-corrected chi connectivity index (χ0v) is 23.2. The van der Waals surface area contributed by atoms with Crippen molar-refractivity contribution in [2.75, 3.05) is 26.2 Å². The number of nitrogens with zero attached hydrogens (tertiary/aromatic N) is 2. The molecule has 9 heteroatoms. The van der Waals surface area contributed by atoms with E-state index in [1.54, 1.807) is 37.4 Å². The summed E-state index contributed by atoms with van der Waals surface area (Å²) in [6.45, 7) is 5.95. The molecule has 1 amide bonds. The van der Waals surface area contributed by atoms with Crippen molar-refractivity contribution in [2.45, 2.75) is 32.7 Å². The molecule has 1 aliphatic heterocycles. The van der Waals surface area contributed by atoms with Crippen LogP contribution >= 0.6 is 0 Å². The summed E-state index contributed by atoms with van der Waals surface area (Å²) in [6, 6.07) is 15.2. The van der Waals surface area contributed by atoms with Crippen molar-refractivity contribution in [1.29, 1.82) is 0 Å². The fourth-order valence-corrected chi connectivity index (χ4v) is 5.13. The van der Waals surface area contributed by atoms with Crippen LogP contribution in [0.3, 0.4) is 0 Å². The van der Waals surface area contributed by atoms with E-state index in [1.807, 2.05) is 45.0 Å². The fraction of sp³-hybridized carbons (Fsp3) is 0.258. The molecule has 1 atom stereocenters. The minimum Gasteiger partial charge on any atom is -0.507 e. The standard InChI is InChI=1S/C31H31N3O6/c1-16(2)20-13-19(10-11-23(20)38-4)28(35)26-27(18-9-7-8-17(3)12-18)34(30(37)29(26)36)31-32-21-14-24(39-5)25(40-6)15-22(21)33-31/h7-16,27,35H,1-6H3,(H,32,33)/b28-26+. The van der Waals surface area contributed by atoms with Crippen molar-refractivity contribution < 1.29 is 28.9 Å². The van der Waals surface area contributed by atoms with E-state index in [0.717, 1.165) is 11.1 Å². The number of aromatic nitrogens is 2. The lowest BCUT2D eigenvalue weighted by Gasteiger charge is -2.23. The molecule has 9 nitrogen and oxygen atoms in total. The third-order valence-electron chi connectivity index (χ3n) is 7.13. The van der Waals surface area contributed by atoms with Gasteiger partial charge in [-0.2, -0.15) is 0 Å². The Kier molecular flexibility index (Phi) is 6.97. The Morgan fingerprint density at radius 2 is 1.65 bits per heavy atom. The number of aryl methyl sites for hydroxylation is 1. The van der Waals surface area contributed by atoms with Crippen molar-refractivity contribution in [3.8, 4) is 17.2 Å². The predicted molar refractivity (Wildman–Crippen MR) is 152 cm³/mol. The number of aliphatic hydroxyl groups excluding tert-OH is 1. The average Bonchev–Trinajstić information content (AvgIpc) is 3.48. The Balaban J connectivity index is 1.73. The predicted octanol–water partition coefficient (Wildman–Crippen LogP) is 5.65. The van der Waals surface area contributed by atoms with Crippen LogP contribution in [-0.2, 0) is 9.59 Å². The van der Waals surface area contributed by atoms with Crippen LogP contribution in [0, 0.1) is 6.92 Å². The molecule has 1 fully saturated rings. The molecule has 1 aromatic heterocycles. The molecular formula is C31H31N3O6. The number of hydrogen-bond donors (Lipinski definition) is 2. The van der Waals surface area contributed by atoms with E-state index in [0.29, 0.717) is 39.4 Å². The highest BCUT2D eigenvalue weighted by molar-refractivity contribution is 6.51. The van der Waals surface area contributed by atoms with Crippen molar-refractivity contribution in [3.63, 3.8) is 0 Å². The second-order valence-electron chi connectivity index (χ2n) is 9.98. The highest BCUT2D eigenvalue weighted by atomic mass is 16.5. The molecule has 40 heavy (non-hydrogen) atoms. The molecule has 0 spiro atoms. The number of hydrogen-bond acceptors (Lipinski definition) is 7. The molecule has 0 saturated carbocycles. The van der Waals surface area contributed by atoms with Crippen molar-refractivity contribution in [1.82, 2.24) is 9.97 Å². The highest BCUT2D eigenvalue weighted by Crippen LogP contribution is 2.43. The van der Waals surface area contributed by atoms with Crippen LogP contribution in [0.15, 0.2) is 60.2 Å². The minimum atomic E-state index is -0.922. The summed E-state index contributed by atoms with van der Waals surface area (Å²) in [5.41, 5.74) is 3.98. The lowest BCUT2D eigenvalue weighted by atomic mass is 9.92. The van der Waals surface area contributed by atoms with Gasteiger partial charge in [0.05, 0.1) is 44.0 Å². The molecule has 5 rings (SSSR count). The Hall–Kier alpha value is -4.79. The normalized spacial score (nSPS) is 16.7. The van der Waals surface area contributed by atoms with Gasteiger partial charge in [-0.1, -0.05) is 43.7 Å². The number of Topliss-reactive ketones (excluding diaryl/α,β-unsaturated/α-hetero) is 1. The number of benzene rings is 3. The van der Waals surface area contributed by atoms with E-state index in [1.165, 1.54) is 19.1 Å². The molecule has 206 valence electrons. The number of carbonyl (C=O) groups is 2. The molecule has 2 heterocycles. The number of ether oxygens (including phenoxy) is 3. The highest BCUT2D eigenvalue weighted by Gasteiger charge is 2.48. The van der Waals surface area contributed by atoms with E-state index < -0.39 is 17.7 Å². The zero-order chi connectivity index (χ0) is 28.7. The maximum Gasteiger partial charge on any atom is 0.302 e. The number of imidazole rings is 1. The Bertz CT molecular complexity index is 1630. The molecule has 3 aromatic carbocycles. The summed E-state index contributed by atoms with van der Waals surface area (Å²) in [5, 5.41) is 11.6. The number of fused-ring (bicyclic) bond motifs is 1. The number of rotatable bonds is 7. The largest absolute Gasteiger partial charge is 0.507 e. The number of aromatic amines is 1. The monoisotopic (exact) mass is 541 g/mol. The van der Waals surface area contributed by atoms with Gasteiger partial charge >= 0.3 is 5.91 Å². The van der Waals surface area contributed by atoms with Crippen molar-refractivity contribution in [2.24, 2.45) is 0 Å². The number of aliphatic hydroxyl groups is 1. The van der Waals surface area contributed by atoms with Crippen LogP contribution in [0.1, 0.15) is 48.1 Å². The van der Waals surface area contributed by atoms with Gasteiger partial charge in [0.1, 0.15) is 11.5 Å². The first kappa shape index (κ1) is 26.8. The summed E-state index contributed by atoms with van der Waals surface area (Å²) < 4.78 is 16.3. The van der Waals surface area contributed by atoms with Gasteiger partial charge < -0.3 is 24.3 Å². The van der Waals surface area contributed by atoms with Gasteiger partial charge in [-0.05, 0) is 42.2 Å². The molecule has 0 aliphatic carbocycles. The van der Waals surface area contributed by atoms with Gasteiger partial charge in [-0.3, -0.25) is 14.5 Å². The molecule has 1 unspecified atom stereocenters. The fourth-order valence-electron chi connectivity index (χ4n) is 5.13. The summed E-state index contributed by atoms with van der Waals surface area (Å²) in [6.07, 6.45) is 0. The van der Waals surface area contributed by atoms with Gasteiger partial charge in [0.25, 0.3) is 5.78 Å².